The molecule has 0 aliphatic carbocycles. The molecular weight excluding hydrogens is 238 g/mol. The van der Waals surface area contributed by atoms with Crippen molar-refractivity contribution in [3.05, 3.63) is 0 Å². The third-order valence-electron chi connectivity index (χ3n) is 3.84. The highest BCUT2D eigenvalue weighted by atomic mass is 35.5. The van der Waals surface area contributed by atoms with Crippen LogP contribution >= 0.6 is 11.6 Å². The summed E-state index contributed by atoms with van der Waals surface area (Å²) in [5.74, 6) is 0.421. The molecule has 0 aromatic rings. The molecule has 1 amide bonds. The average molecular weight is 260 g/mol. The predicted octanol–water partition coefficient (Wildman–Crippen LogP) is 0.367. The van der Waals surface area contributed by atoms with Crippen molar-refractivity contribution in [2.75, 3.05) is 45.1 Å². The zero-order chi connectivity index (χ0) is 12.5. The van der Waals surface area contributed by atoms with Crippen LogP contribution in [-0.2, 0) is 4.79 Å². The molecule has 0 spiro atoms. The van der Waals surface area contributed by atoms with E-state index in [2.05, 4.69) is 15.1 Å². The van der Waals surface area contributed by atoms with Gasteiger partial charge in [0, 0.05) is 51.2 Å². The van der Waals surface area contributed by atoms with Gasteiger partial charge in [0.2, 0.25) is 5.91 Å². The molecule has 1 N–H and O–H groups in total. The number of nitrogens with one attached hydrogen (secondary N) is 1. The summed E-state index contributed by atoms with van der Waals surface area (Å²) < 4.78 is 0. The van der Waals surface area contributed by atoms with Crippen LogP contribution in [0.5, 0.6) is 0 Å². The van der Waals surface area contributed by atoms with Crippen LogP contribution in [0.2, 0.25) is 0 Å². The minimum Gasteiger partial charge on any atom is -0.354 e. The Hall–Kier alpha value is -0.320. The molecule has 5 heteroatoms. The monoisotopic (exact) mass is 259 g/mol. The number of carbonyl (C=O) groups is 1. The van der Waals surface area contributed by atoms with Crippen LogP contribution in [0.25, 0.3) is 0 Å². The van der Waals surface area contributed by atoms with Crippen LogP contribution in [0.4, 0.5) is 0 Å². The maximum atomic E-state index is 11.9. The van der Waals surface area contributed by atoms with Gasteiger partial charge < -0.3 is 5.32 Å². The Labute approximate surface area is 108 Å². The fourth-order valence-corrected chi connectivity index (χ4v) is 2.55. The summed E-state index contributed by atoms with van der Waals surface area (Å²) in [6.45, 7) is 10.2. The summed E-state index contributed by atoms with van der Waals surface area (Å²) >= 11 is 5.79. The number of rotatable bonds is 4. The summed E-state index contributed by atoms with van der Waals surface area (Å²) in [7, 11) is 0. The van der Waals surface area contributed by atoms with Gasteiger partial charge in [0.15, 0.2) is 0 Å². The van der Waals surface area contributed by atoms with E-state index in [1.54, 1.807) is 0 Å². The Balaban J connectivity index is 1.81. The van der Waals surface area contributed by atoms with Gasteiger partial charge in [-0.2, -0.15) is 0 Å². The fraction of sp³-hybridized carbons (Fsp3) is 0.917. The third kappa shape index (κ3) is 2.92. The van der Waals surface area contributed by atoms with Crippen molar-refractivity contribution < 1.29 is 4.79 Å². The number of alkyl halides is 1. The second-order valence-electron chi connectivity index (χ2n) is 5.72. The molecule has 0 radical (unpaired) electrons. The van der Waals surface area contributed by atoms with Crippen LogP contribution in [0.1, 0.15) is 13.8 Å². The Morgan fingerprint density at radius 2 is 2.00 bits per heavy atom. The summed E-state index contributed by atoms with van der Waals surface area (Å²) in [5, 5.41) is 3.04. The van der Waals surface area contributed by atoms with Gasteiger partial charge in [0.05, 0.1) is 5.41 Å². The summed E-state index contributed by atoms with van der Waals surface area (Å²) in [6, 6.07) is 0.479. The maximum Gasteiger partial charge on any atom is 0.226 e. The van der Waals surface area contributed by atoms with E-state index >= 15 is 0 Å². The van der Waals surface area contributed by atoms with Gasteiger partial charge >= 0.3 is 0 Å². The van der Waals surface area contributed by atoms with E-state index < -0.39 is 5.41 Å². The second-order valence-corrected chi connectivity index (χ2v) is 5.99. The lowest BCUT2D eigenvalue weighted by atomic mass is 9.95. The van der Waals surface area contributed by atoms with Crippen LogP contribution in [0, 0.1) is 5.41 Å². The smallest absolute Gasteiger partial charge is 0.226 e. The molecule has 4 nitrogen and oxygen atoms in total. The van der Waals surface area contributed by atoms with E-state index in [1.807, 2.05) is 13.8 Å². The zero-order valence-electron chi connectivity index (χ0n) is 10.7. The number of amides is 1. The normalized spacial score (nSPS) is 32.5. The summed E-state index contributed by atoms with van der Waals surface area (Å²) in [4.78, 5) is 16.9. The van der Waals surface area contributed by atoms with Crippen LogP contribution in [0.15, 0.2) is 0 Å². The highest BCUT2D eigenvalue weighted by Crippen LogP contribution is 2.18. The summed E-state index contributed by atoms with van der Waals surface area (Å²) in [6.07, 6.45) is 0. The third-order valence-corrected chi connectivity index (χ3v) is 4.51. The number of piperazine rings is 3. The van der Waals surface area contributed by atoms with Crippen molar-refractivity contribution in [1.29, 1.82) is 0 Å². The minimum atomic E-state index is -0.467. The van der Waals surface area contributed by atoms with Crippen molar-refractivity contribution >= 4 is 17.5 Å². The van der Waals surface area contributed by atoms with Gasteiger partial charge in [0.25, 0.3) is 0 Å². The van der Waals surface area contributed by atoms with E-state index in [-0.39, 0.29) is 5.91 Å². The molecule has 0 saturated carbocycles. The van der Waals surface area contributed by atoms with Crippen LogP contribution in [-0.4, -0.2) is 66.9 Å². The van der Waals surface area contributed by atoms with Crippen molar-refractivity contribution in [3.8, 4) is 0 Å². The highest BCUT2D eigenvalue weighted by molar-refractivity contribution is 6.19. The van der Waals surface area contributed by atoms with Crippen molar-refractivity contribution in [1.82, 2.24) is 15.1 Å². The molecule has 2 bridgehead atoms. The molecule has 0 aromatic carbocycles. The van der Waals surface area contributed by atoms with Crippen molar-refractivity contribution in [2.24, 2.45) is 5.41 Å². The van der Waals surface area contributed by atoms with Crippen molar-refractivity contribution in [2.45, 2.75) is 19.9 Å². The Morgan fingerprint density at radius 3 is 2.47 bits per heavy atom. The lowest BCUT2D eigenvalue weighted by Crippen LogP contribution is -2.63. The standard InChI is InChI=1S/C12H22ClN3O/c1-12(2,9-13)11(17)14-7-10-8-15-3-5-16(10)6-4-15/h10H,3-9H2,1-2H3,(H,14,17). The van der Waals surface area contributed by atoms with Crippen LogP contribution in [0.3, 0.4) is 0 Å². The molecule has 0 aromatic heterocycles. The van der Waals surface area contributed by atoms with E-state index in [1.165, 1.54) is 13.1 Å². The summed E-state index contributed by atoms with van der Waals surface area (Å²) in [5.41, 5.74) is -0.467. The van der Waals surface area contributed by atoms with E-state index in [0.29, 0.717) is 11.9 Å². The number of fused-ring (bicyclic) bond motifs is 3. The molecule has 3 heterocycles. The average Bonchev–Trinajstić information content (AvgIpc) is 2.37. The van der Waals surface area contributed by atoms with Crippen LogP contribution < -0.4 is 5.32 Å². The second kappa shape index (κ2) is 5.12. The molecule has 3 aliphatic heterocycles. The largest absolute Gasteiger partial charge is 0.354 e. The van der Waals surface area contributed by atoms with Gasteiger partial charge in [-0.25, -0.2) is 0 Å². The minimum absolute atomic E-state index is 0.0603. The molecule has 3 rings (SSSR count). The quantitative estimate of drug-likeness (QED) is 0.741. The number of halogens is 1. The first-order valence-electron chi connectivity index (χ1n) is 6.33. The number of nitrogens with zero attached hydrogens (tertiary/aromatic N) is 2. The topological polar surface area (TPSA) is 35.6 Å². The first-order chi connectivity index (χ1) is 8.03. The van der Waals surface area contributed by atoms with Gasteiger partial charge in [-0.3, -0.25) is 14.6 Å². The van der Waals surface area contributed by atoms with Gasteiger partial charge in [0.1, 0.15) is 0 Å². The Morgan fingerprint density at radius 1 is 1.35 bits per heavy atom. The Bertz CT molecular complexity index is 287. The maximum absolute atomic E-state index is 11.9. The predicted molar refractivity (Wildman–Crippen MR) is 69.3 cm³/mol. The first kappa shape index (κ1) is 13.1. The first-order valence-corrected chi connectivity index (χ1v) is 6.87. The highest BCUT2D eigenvalue weighted by Gasteiger charge is 2.33. The number of carbonyl (C=O) groups excluding carboxylic acids is 1. The van der Waals surface area contributed by atoms with Crippen molar-refractivity contribution in [3.63, 3.8) is 0 Å². The molecule has 1 unspecified atom stereocenters. The van der Waals surface area contributed by atoms with Gasteiger partial charge in [-0.1, -0.05) is 0 Å². The lowest BCUT2D eigenvalue weighted by molar-refractivity contribution is -0.128. The Kier molecular flexibility index (Phi) is 3.95. The molecule has 98 valence electrons. The zero-order valence-corrected chi connectivity index (χ0v) is 11.5. The van der Waals surface area contributed by atoms with E-state index in [9.17, 15) is 4.79 Å². The molecule has 17 heavy (non-hydrogen) atoms. The van der Waals surface area contributed by atoms with E-state index in [4.69, 9.17) is 11.6 Å². The van der Waals surface area contributed by atoms with Gasteiger partial charge in [-0.05, 0) is 13.8 Å². The molecule has 3 aliphatic rings. The molecule has 3 fully saturated rings. The SMILES string of the molecule is CC(C)(CCl)C(=O)NCC1CN2CCN1CC2. The number of hydrogen-bond donors (Lipinski definition) is 1. The van der Waals surface area contributed by atoms with Gasteiger partial charge in [-0.15, -0.1) is 11.6 Å². The number of hydrogen-bond acceptors (Lipinski definition) is 3. The molecule has 1 atom stereocenters. The lowest BCUT2D eigenvalue weighted by Gasteiger charge is -2.47. The van der Waals surface area contributed by atoms with E-state index in [0.717, 1.165) is 26.2 Å². The fourth-order valence-electron chi connectivity index (χ4n) is 2.43. The molecular formula is C12H22ClN3O. The molecule has 3 saturated heterocycles.